The molecule has 0 aliphatic heterocycles. The van der Waals surface area contributed by atoms with Crippen LogP contribution in [0.5, 0.6) is 0 Å². The maximum absolute atomic E-state index is 13.0. The first-order valence-corrected chi connectivity index (χ1v) is 10.5. The summed E-state index contributed by atoms with van der Waals surface area (Å²) in [6.07, 6.45) is -0.190. The molecule has 0 saturated heterocycles. The van der Waals surface area contributed by atoms with E-state index in [1.165, 1.54) is 0 Å². The van der Waals surface area contributed by atoms with Crippen molar-refractivity contribution in [3.05, 3.63) is 83.9 Å². The third-order valence-corrected chi connectivity index (χ3v) is 4.80. The van der Waals surface area contributed by atoms with Gasteiger partial charge >= 0.3 is 6.09 Å². The summed E-state index contributed by atoms with van der Waals surface area (Å²) < 4.78 is 5.38. The van der Waals surface area contributed by atoms with Crippen molar-refractivity contribution in [2.75, 3.05) is 6.54 Å². The van der Waals surface area contributed by atoms with Crippen molar-refractivity contribution >= 4 is 22.6 Å². The second-order valence-electron chi connectivity index (χ2n) is 8.64. The third-order valence-electron chi connectivity index (χ3n) is 4.80. The largest absolute Gasteiger partial charge is 0.444 e. The molecule has 31 heavy (non-hydrogen) atoms. The minimum Gasteiger partial charge on any atom is -0.444 e. The molecular formula is C26H30N2O3. The summed E-state index contributed by atoms with van der Waals surface area (Å²) in [6.45, 7) is 6.14. The molecule has 0 fully saturated rings. The molecule has 0 bridgehead atoms. The van der Waals surface area contributed by atoms with Crippen LogP contribution >= 0.6 is 0 Å². The van der Waals surface area contributed by atoms with Gasteiger partial charge in [-0.15, -0.1) is 0 Å². The van der Waals surface area contributed by atoms with E-state index in [1.54, 1.807) is 20.8 Å². The van der Waals surface area contributed by atoms with Crippen molar-refractivity contribution in [3.63, 3.8) is 0 Å². The molecule has 0 aliphatic rings. The van der Waals surface area contributed by atoms with Gasteiger partial charge in [0.05, 0.1) is 12.6 Å². The van der Waals surface area contributed by atoms with Gasteiger partial charge < -0.3 is 15.4 Å². The Balaban J connectivity index is 1.69. The molecule has 0 aromatic heterocycles. The van der Waals surface area contributed by atoms with E-state index < -0.39 is 17.7 Å². The van der Waals surface area contributed by atoms with Gasteiger partial charge in [-0.3, -0.25) is 4.79 Å². The Hall–Kier alpha value is -3.18. The third kappa shape index (κ3) is 7.23. The van der Waals surface area contributed by atoms with Crippen LogP contribution in [-0.4, -0.2) is 30.1 Å². The van der Waals surface area contributed by atoms with Crippen LogP contribution in [0.25, 0.3) is 10.8 Å². The normalized spacial score (nSPS) is 12.4. The van der Waals surface area contributed by atoms with Crippen LogP contribution in [0.15, 0.2) is 72.8 Å². The maximum Gasteiger partial charge on any atom is 0.408 e. The Morgan fingerprint density at radius 1 is 0.871 bits per heavy atom. The van der Waals surface area contributed by atoms with Crippen molar-refractivity contribution in [1.29, 1.82) is 0 Å². The van der Waals surface area contributed by atoms with Crippen molar-refractivity contribution in [2.24, 2.45) is 0 Å². The fraction of sp³-hybridized carbons (Fsp3) is 0.308. The Bertz CT molecular complexity index is 1030. The van der Waals surface area contributed by atoms with Crippen LogP contribution < -0.4 is 10.6 Å². The number of rotatable bonds is 8. The first-order chi connectivity index (χ1) is 14.8. The fourth-order valence-electron chi connectivity index (χ4n) is 3.35. The van der Waals surface area contributed by atoms with Gasteiger partial charge in [0, 0.05) is 6.54 Å². The van der Waals surface area contributed by atoms with Gasteiger partial charge in [-0.2, -0.15) is 0 Å². The number of carbonyl (C=O) groups is 2. The SMILES string of the molecule is CC(C)(C)OC(=O)N[C@@H](Cc1ccc2ccccc2c1)C(=O)CNCc1ccccc1. The van der Waals surface area contributed by atoms with Gasteiger partial charge in [0.2, 0.25) is 0 Å². The van der Waals surface area contributed by atoms with Gasteiger partial charge in [0.25, 0.3) is 0 Å². The van der Waals surface area contributed by atoms with E-state index in [4.69, 9.17) is 4.74 Å². The molecule has 2 N–H and O–H groups in total. The highest BCUT2D eigenvalue weighted by atomic mass is 16.6. The lowest BCUT2D eigenvalue weighted by atomic mass is 9.99. The van der Waals surface area contributed by atoms with E-state index in [2.05, 4.69) is 16.7 Å². The van der Waals surface area contributed by atoms with E-state index in [0.29, 0.717) is 13.0 Å². The van der Waals surface area contributed by atoms with E-state index in [9.17, 15) is 9.59 Å². The van der Waals surface area contributed by atoms with Crippen LogP contribution in [0, 0.1) is 0 Å². The summed E-state index contributed by atoms with van der Waals surface area (Å²) in [4.78, 5) is 25.3. The Morgan fingerprint density at radius 3 is 2.26 bits per heavy atom. The smallest absolute Gasteiger partial charge is 0.408 e. The van der Waals surface area contributed by atoms with Crippen LogP contribution in [0.4, 0.5) is 4.79 Å². The Labute approximate surface area is 183 Å². The monoisotopic (exact) mass is 418 g/mol. The number of ketones is 1. The number of hydrogen-bond acceptors (Lipinski definition) is 4. The molecule has 5 heteroatoms. The number of amides is 1. The number of Topliss-reactive ketones (excluding diaryl/α,β-unsaturated/α-hetero) is 1. The van der Waals surface area contributed by atoms with Crippen molar-refractivity contribution in [2.45, 2.75) is 45.4 Å². The molecule has 1 amide bonds. The zero-order valence-corrected chi connectivity index (χ0v) is 18.4. The van der Waals surface area contributed by atoms with Crippen LogP contribution in [-0.2, 0) is 22.5 Å². The zero-order valence-electron chi connectivity index (χ0n) is 18.4. The van der Waals surface area contributed by atoms with Gasteiger partial charge in [-0.25, -0.2) is 4.79 Å². The predicted octanol–water partition coefficient (Wildman–Crippen LogP) is 4.63. The van der Waals surface area contributed by atoms with E-state index in [1.807, 2.05) is 66.7 Å². The lowest BCUT2D eigenvalue weighted by molar-refractivity contribution is -0.120. The predicted molar refractivity (Wildman–Crippen MR) is 124 cm³/mol. The molecule has 1 atom stereocenters. The molecule has 0 radical (unpaired) electrons. The van der Waals surface area contributed by atoms with Gasteiger partial charge in [0.15, 0.2) is 5.78 Å². The van der Waals surface area contributed by atoms with E-state index >= 15 is 0 Å². The van der Waals surface area contributed by atoms with Crippen molar-refractivity contribution in [3.8, 4) is 0 Å². The number of hydrogen-bond donors (Lipinski definition) is 2. The molecule has 0 heterocycles. The standard InChI is InChI=1S/C26H30N2O3/c1-26(2,3)31-25(30)28-23(24(29)18-27-17-19-9-5-4-6-10-19)16-20-13-14-21-11-7-8-12-22(21)15-20/h4-15,23,27H,16-18H2,1-3H3,(H,28,30)/t23-/m0/s1. The molecule has 0 saturated carbocycles. The lowest BCUT2D eigenvalue weighted by Gasteiger charge is -2.23. The fourth-order valence-corrected chi connectivity index (χ4v) is 3.35. The molecule has 0 spiro atoms. The number of carbonyl (C=O) groups excluding carboxylic acids is 2. The highest BCUT2D eigenvalue weighted by Crippen LogP contribution is 2.17. The van der Waals surface area contributed by atoms with Gasteiger partial charge in [0.1, 0.15) is 5.60 Å². The number of nitrogens with one attached hydrogen (secondary N) is 2. The second-order valence-corrected chi connectivity index (χ2v) is 8.64. The van der Waals surface area contributed by atoms with Crippen LogP contribution in [0.2, 0.25) is 0 Å². The quantitative estimate of drug-likeness (QED) is 0.559. The summed E-state index contributed by atoms with van der Waals surface area (Å²) in [6, 6.07) is 23.4. The maximum atomic E-state index is 13.0. The minimum atomic E-state index is -0.681. The Morgan fingerprint density at radius 2 is 1.55 bits per heavy atom. The van der Waals surface area contributed by atoms with Crippen molar-refractivity contribution < 1.29 is 14.3 Å². The summed E-state index contributed by atoms with van der Waals surface area (Å²) in [7, 11) is 0. The number of alkyl carbamates (subject to hydrolysis) is 1. The molecule has 0 unspecified atom stereocenters. The average Bonchev–Trinajstić information content (AvgIpc) is 2.72. The van der Waals surface area contributed by atoms with Gasteiger partial charge in [-0.1, -0.05) is 72.8 Å². The van der Waals surface area contributed by atoms with E-state index in [-0.39, 0.29) is 12.3 Å². The molecular weight excluding hydrogens is 388 g/mol. The number of benzene rings is 3. The first-order valence-electron chi connectivity index (χ1n) is 10.5. The topological polar surface area (TPSA) is 67.4 Å². The number of ether oxygens (including phenoxy) is 1. The molecule has 5 nitrogen and oxygen atoms in total. The van der Waals surface area contributed by atoms with Crippen LogP contribution in [0.1, 0.15) is 31.9 Å². The molecule has 3 aromatic rings. The lowest BCUT2D eigenvalue weighted by Crippen LogP contribution is -2.47. The van der Waals surface area contributed by atoms with Crippen molar-refractivity contribution in [1.82, 2.24) is 10.6 Å². The zero-order chi connectivity index (χ0) is 22.3. The second kappa shape index (κ2) is 10.2. The molecule has 162 valence electrons. The minimum absolute atomic E-state index is 0.0880. The highest BCUT2D eigenvalue weighted by molar-refractivity contribution is 5.89. The number of fused-ring (bicyclic) bond motifs is 1. The average molecular weight is 419 g/mol. The van der Waals surface area contributed by atoms with Crippen LogP contribution in [0.3, 0.4) is 0 Å². The summed E-state index contributed by atoms with van der Waals surface area (Å²) in [5.74, 6) is -0.0880. The first kappa shape index (κ1) is 22.5. The van der Waals surface area contributed by atoms with E-state index in [0.717, 1.165) is 21.9 Å². The summed E-state index contributed by atoms with van der Waals surface area (Å²) in [5.41, 5.74) is 1.45. The Kier molecular flexibility index (Phi) is 7.42. The summed E-state index contributed by atoms with van der Waals surface area (Å²) in [5, 5.41) is 8.19. The molecule has 3 rings (SSSR count). The molecule has 0 aliphatic carbocycles. The van der Waals surface area contributed by atoms with Gasteiger partial charge in [-0.05, 0) is 49.1 Å². The summed E-state index contributed by atoms with van der Waals surface area (Å²) >= 11 is 0. The molecule has 3 aromatic carbocycles. The highest BCUT2D eigenvalue weighted by Gasteiger charge is 2.24.